The molecule has 1 aromatic heterocycles. The van der Waals surface area contributed by atoms with Crippen LogP contribution in [0.5, 0.6) is 0 Å². The van der Waals surface area contributed by atoms with Crippen molar-refractivity contribution in [1.29, 1.82) is 0 Å². The van der Waals surface area contributed by atoms with Gasteiger partial charge in [0.15, 0.2) is 5.16 Å². The van der Waals surface area contributed by atoms with E-state index in [0.717, 1.165) is 12.8 Å². The number of halogens is 1. The fourth-order valence-corrected chi connectivity index (χ4v) is 3.95. The number of piperazine rings is 1. The summed E-state index contributed by atoms with van der Waals surface area (Å²) in [5.74, 6) is 0.842. The number of amides is 3. The van der Waals surface area contributed by atoms with Gasteiger partial charge in [0.1, 0.15) is 11.0 Å². The van der Waals surface area contributed by atoms with Gasteiger partial charge in [-0.15, -0.1) is 0 Å². The van der Waals surface area contributed by atoms with Crippen LogP contribution in [0, 0.1) is 0 Å². The number of nitrogens with one attached hydrogen (secondary N) is 2. The second kappa shape index (κ2) is 12.8. The van der Waals surface area contributed by atoms with Crippen molar-refractivity contribution >= 4 is 41.1 Å². The van der Waals surface area contributed by atoms with Gasteiger partial charge in [0, 0.05) is 58.5 Å². The molecule has 2 rings (SSSR count). The van der Waals surface area contributed by atoms with Crippen LogP contribution < -0.4 is 15.5 Å². The number of nitrogens with zero attached hydrogens (tertiary/aromatic N) is 4. The van der Waals surface area contributed by atoms with Gasteiger partial charge in [0.25, 0.3) is 0 Å². The number of hydrogen-bond acceptors (Lipinski definition) is 7. The lowest BCUT2D eigenvalue weighted by Crippen LogP contribution is -2.56. The summed E-state index contributed by atoms with van der Waals surface area (Å²) in [7, 11) is 1.63. The standard InChI is InChI=1S/C19H31ClN6O3S/c1-4-6-22-19(28)26-9-8-25(12-14(26)2)16-11-15(20)23-18(24-16)30-13-17(27)21-7-5-10-29-3/h11,14H,4-10,12-13H2,1-3H3,(H,21,27)(H,22,28). The average Bonchev–Trinajstić information content (AvgIpc) is 2.73. The molecule has 9 nitrogen and oxygen atoms in total. The van der Waals surface area contributed by atoms with Gasteiger partial charge in [-0.25, -0.2) is 14.8 Å². The summed E-state index contributed by atoms with van der Waals surface area (Å²) in [6.45, 7) is 7.81. The second-order valence-electron chi connectivity index (χ2n) is 7.04. The Bertz CT molecular complexity index is 711. The van der Waals surface area contributed by atoms with E-state index in [9.17, 15) is 9.59 Å². The molecule has 0 saturated carbocycles. The minimum atomic E-state index is -0.0819. The molecule has 1 aliphatic heterocycles. The Hall–Kier alpha value is -1.78. The molecule has 0 aromatic carbocycles. The smallest absolute Gasteiger partial charge is 0.317 e. The highest BCUT2D eigenvalue weighted by atomic mass is 35.5. The molecule has 3 amide bonds. The van der Waals surface area contributed by atoms with Gasteiger partial charge in [0.2, 0.25) is 5.91 Å². The average molecular weight is 459 g/mol. The van der Waals surface area contributed by atoms with E-state index in [1.54, 1.807) is 13.2 Å². The molecule has 11 heteroatoms. The molecule has 2 N–H and O–H groups in total. The largest absolute Gasteiger partial charge is 0.385 e. The predicted octanol–water partition coefficient (Wildman–Crippen LogP) is 2.00. The fourth-order valence-electron chi connectivity index (χ4n) is 3.04. The Kier molecular flexibility index (Phi) is 10.5. The van der Waals surface area contributed by atoms with Crippen molar-refractivity contribution in [3.63, 3.8) is 0 Å². The molecule has 1 saturated heterocycles. The highest BCUT2D eigenvalue weighted by molar-refractivity contribution is 7.99. The first-order valence-electron chi connectivity index (χ1n) is 10.2. The Morgan fingerprint density at radius 3 is 2.80 bits per heavy atom. The molecule has 1 unspecified atom stereocenters. The van der Waals surface area contributed by atoms with Crippen LogP contribution in [0.1, 0.15) is 26.7 Å². The van der Waals surface area contributed by atoms with Crippen molar-refractivity contribution in [2.24, 2.45) is 0 Å². The van der Waals surface area contributed by atoms with Gasteiger partial charge < -0.3 is 25.2 Å². The number of aromatic nitrogens is 2. The molecule has 0 radical (unpaired) electrons. The van der Waals surface area contributed by atoms with E-state index in [4.69, 9.17) is 16.3 Å². The predicted molar refractivity (Wildman–Crippen MR) is 119 cm³/mol. The first kappa shape index (κ1) is 24.5. The monoisotopic (exact) mass is 458 g/mol. The van der Waals surface area contributed by atoms with Gasteiger partial charge >= 0.3 is 6.03 Å². The molecule has 0 spiro atoms. The zero-order chi connectivity index (χ0) is 21.9. The maximum Gasteiger partial charge on any atom is 0.317 e. The van der Waals surface area contributed by atoms with E-state index in [2.05, 4.69) is 25.5 Å². The molecule has 168 valence electrons. The molecule has 2 heterocycles. The first-order valence-corrected chi connectivity index (χ1v) is 11.5. The van der Waals surface area contributed by atoms with Crippen molar-refractivity contribution in [3.05, 3.63) is 11.2 Å². The van der Waals surface area contributed by atoms with E-state index in [-0.39, 0.29) is 23.7 Å². The van der Waals surface area contributed by atoms with Gasteiger partial charge in [-0.2, -0.15) is 0 Å². The molecular weight excluding hydrogens is 428 g/mol. The van der Waals surface area contributed by atoms with Gasteiger partial charge in [-0.05, 0) is 19.8 Å². The number of thioether (sulfide) groups is 1. The second-order valence-corrected chi connectivity index (χ2v) is 8.37. The number of methoxy groups -OCH3 is 1. The van der Waals surface area contributed by atoms with Crippen molar-refractivity contribution in [2.75, 3.05) is 57.1 Å². The van der Waals surface area contributed by atoms with Crippen LogP contribution in [0.15, 0.2) is 11.2 Å². The van der Waals surface area contributed by atoms with Crippen LogP contribution in [-0.2, 0) is 9.53 Å². The number of urea groups is 1. The number of ether oxygens (including phenoxy) is 1. The number of carbonyl (C=O) groups excluding carboxylic acids is 2. The first-order chi connectivity index (χ1) is 14.4. The van der Waals surface area contributed by atoms with Crippen molar-refractivity contribution in [3.8, 4) is 0 Å². The van der Waals surface area contributed by atoms with E-state index in [0.29, 0.717) is 55.5 Å². The number of anilines is 1. The van der Waals surface area contributed by atoms with E-state index in [1.165, 1.54) is 11.8 Å². The Morgan fingerprint density at radius 1 is 1.30 bits per heavy atom. The molecule has 1 aromatic rings. The quantitative estimate of drug-likeness (QED) is 0.239. The molecule has 30 heavy (non-hydrogen) atoms. The number of hydrogen-bond donors (Lipinski definition) is 2. The summed E-state index contributed by atoms with van der Waals surface area (Å²) in [6, 6.07) is 1.73. The third-order valence-corrected chi connectivity index (χ3v) is 5.62. The number of rotatable bonds is 10. The summed E-state index contributed by atoms with van der Waals surface area (Å²) in [5, 5.41) is 6.55. The molecule has 1 aliphatic rings. The molecular formula is C19H31ClN6O3S. The van der Waals surface area contributed by atoms with Gasteiger partial charge in [-0.3, -0.25) is 4.79 Å². The van der Waals surface area contributed by atoms with Crippen LogP contribution in [0.2, 0.25) is 5.15 Å². The summed E-state index contributed by atoms with van der Waals surface area (Å²) in [5.41, 5.74) is 0. The third-order valence-electron chi connectivity index (χ3n) is 4.58. The topological polar surface area (TPSA) is 99.7 Å². The number of carbonyl (C=O) groups is 2. The zero-order valence-electron chi connectivity index (χ0n) is 17.8. The zero-order valence-corrected chi connectivity index (χ0v) is 19.4. The van der Waals surface area contributed by atoms with Crippen molar-refractivity contribution < 1.29 is 14.3 Å². The normalized spacial score (nSPS) is 16.5. The lowest BCUT2D eigenvalue weighted by molar-refractivity contribution is -0.118. The van der Waals surface area contributed by atoms with Crippen molar-refractivity contribution in [1.82, 2.24) is 25.5 Å². The van der Waals surface area contributed by atoms with Crippen molar-refractivity contribution in [2.45, 2.75) is 37.9 Å². The molecule has 1 atom stereocenters. The van der Waals surface area contributed by atoms with E-state index >= 15 is 0 Å². The molecule has 1 fully saturated rings. The van der Waals surface area contributed by atoms with Crippen LogP contribution in [0.25, 0.3) is 0 Å². The Labute approximate surface area is 187 Å². The lowest BCUT2D eigenvalue weighted by atomic mass is 10.2. The molecule has 0 bridgehead atoms. The minimum absolute atomic E-state index is 0.0301. The SMILES string of the molecule is CCCNC(=O)N1CCN(c2cc(Cl)nc(SCC(=O)NCCCOC)n2)CC1C. The van der Waals surface area contributed by atoms with E-state index < -0.39 is 0 Å². The Balaban J connectivity index is 1.90. The Morgan fingerprint density at radius 2 is 2.10 bits per heavy atom. The van der Waals surface area contributed by atoms with Gasteiger partial charge in [-0.1, -0.05) is 30.3 Å². The van der Waals surface area contributed by atoms with Gasteiger partial charge in [0.05, 0.1) is 5.75 Å². The highest BCUT2D eigenvalue weighted by Gasteiger charge is 2.28. The highest BCUT2D eigenvalue weighted by Crippen LogP contribution is 2.24. The summed E-state index contributed by atoms with van der Waals surface area (Å²) in [4.78, 5) is 37.0. The maximum atomic E-state index is 12.3. The summed E-state index contributed by atoms with van der Waals surface area (Å²) in [6.07, 6.45) is 1.68. The fraction of sp³-hybridized carbons (Fsp3) is 0.684. The van der Waals surface area contributed by atoms with Crippen LogP contribution in [-0.4, -0.2) is 85.0 Å². The van der Waals surface area contributed by atoms with Crippen LogP contribution >= 0.6 is 23.4 Å². The van der Waals surface area contributed by atoms with E-state index in [1.807, 2.05) is 18.7 Å². The molecule has 0 aliphatic carbocycles. The lowest BCUT2D eigenvalue weighted by Gasteiger charge is -2.40. The minimum Gasteiger partial charge on any atom is -0.385 e. The summed E-state index contributed by atoms with van der Waals surface area (Å²) >= 11 is 7.44. The van der Waals surface area contributed by atoms with Crippen LogP contribution in [0.4, 0.5) is 10.6 Å². The maximum absolute atomic E-state index is 12.3. The summed E-state index contributed by atoms with van der Waals surface area (Å²) < 4.78 is 4.96. The van der Waals surface area contributed by atoms with Crippen LogP contribution in [0.3, 0.4) is 0 Å². The third kappa shape index (κ3) is 7.81.